The van der Waals surface area contributed by atoms with Gasteiger partial charge in [0.05, 0.1) is 22.2 Å². The molecule has 168 valence electrons. The van der Waals surface area contributed by atoms with Gasteiger partial charge in [-0.25, -0.2) is 0 Å². The number of nitrogens with zero attached hydrogens (tertiary/aromatic N) is 4. The molecule has 0 atom stereocenters. The number of halogens is 1. The van der Waals surface area contributed by atoms with Crippen LogP contribution in [-0.2, 0) is 17.6 Å². The largest absolute Gasteiger partial charge is 0.324 e. The average molecular weight is 478 g/mol. The Hall–Kier alpha value is -3.16. The Bertz CT molecular complexity index is 1240. The van der Waals surface area contributed by atoms with Crippen LogP contribution in [0.3, 0.4) is 0 Å². The van der Waals surface area contributed by atoms with E-state index in [0.29, 0.717) is 21.7 Å². The summed E-state index contributed by atoms with van der Waals surface area (Å²) in [4.78, 5) is 16.9. The summed E-state index contributed by atoms with van der Waals surface area (Å²) in [5.74, 6) is 0.712. The van der Waals surface area contributed by atoms with Gasteiger partial charge >= 0.3 is 0 Å². The van der Waals surface area contributed by atoms with Gasteiger partial charge in [0.1, 0.15) is 0 Å². The maximum Gasteiger partial charge on any atom is 0.234 e. The van der Waals surface area contributed by atoms with Crippen LogP contribution in [0.4, 0.5) is 5.69 Å². The number of rotatable bonds is 8. The Kier molecular flexibility index (Phi) is 7.42. The van der Waals surface area contributed by atoms with Crippen molar-refractivity contribution in [3.05, 3.63) is 83.1 Å². The molecular formula is C25H24ClN5OS. The Morgan fingerprint density at radius 1 is 1.00 bits per heavy atom. The zero-order valence-electron chi connectivity index (χ0n) is 18.5. The summed E-state index contributed by atoms with van der Waals surface area (Å²) >= 11 is 7.52. The van der Waals surface area contributed by atoms with Crippen LogP contribution in [0.15, 0.2) is 72.1 Å². The van der Waals surface area contributed by atoms with Crippen molar-refractivity contribution in [2.24, 2.45) is 0 Å². The fourth-order valence-electron chi connectivity index (χ4n) is 3.63. The van der Waals surface area contributed by atoms with Crippen LogP contribution in [0.25, 0.3) is 17.1 Å². The van der Waals surface area contributed by atoms with Crippen molar-refractivity contribution in [1.82, 2.24) is 19.7 Å². The van der Waals surface area contributed by atoms with Crippen molar-refractivity contribution < 1.29 is 4.79 Å². The van der Waals surface area contributed by atoms with Crippen molar-refractivity contribution in [3.8, 4) is 17.1 Å². The first-order valence-corrected chi connectivity index (χ1v) is 12.1. The number of anilines is 1. The quantitative estimate of drug-likeness (QED) is 0.323. The van der Waals surface area contributed by atoms with Crippen LogP contribution in [-0.4, -0.2) is 31.4 Å². The standard InChI is InChI=1S/C25H24ClN5OS/c1-3-17-9-7-10-18(4-2)23(17)31-24(19-11-8-14-27-15-19)29-30-25(31)33-16-22(32)28-21-13-6-5-12-20(21)26/h5-15H,3-4,16H2,1-2H3,(H,28,32). The third-order valence-corrected chi connectivity index (χ3v) is 6.48. The van der Waals surface area contributed by atoms with Crippen LogP contribution >= 0.6 is 23.4 Å². The molecule has 0 aliphatic rings. The second-order valence-corrected chi connectivity index (χ2v) is 8.68. The monoisotopic (exact) mass is 477 g/mol. The number of aromatic nitrogens is 4. The molecule has 0 radical (unpaired) electrons. The minimum atomic E-state index is -0.162. The van der Waals surface area contributed by atoms with Gasteiger partial charge in [-0.3, -0.25) is 14.3 Å². The van der Waals surface area contributed by atoms with E-state index in [0.717, 1.165) is 24.1 Å². The van der Waals surface area contributed by atoms with Gasteiger partial charge in [0.15, 0.2) is 11.0 Å². The van der Waals surface area contributed by atoms with Crippen molar-refractivity contribution in [3.63, 3.8) is 0 Å². The fourth-order valence-corrected chi connectivity index (χ4v) is 4.55. The molecule has 1 N–H and O–H groups in total. The number of hydrogen-bond acceptors (Lipinski definition) is 5. The smallest absolute Gasteiger partial charge is 0.234 e. The minimum absolute atomic E-state index is 0.162. The molecule has 0 saturated heterocycles. The number of carbonyl (C=O) groups is 1. The summed E-state index contributed by atoms with van der Waals surface area (Å²) in [6.07, 6.45) is 5.24. The molecule has 8 heteroatoms. The first-order valence-electron chi connectivity index (χ1n) is 10.8. The second-order valence-electron chi connectivity index (χ2n) is 7.33. The summed E-state index contributed by atoms with van der Waals surface area (Å²) in [5.41, 5.74) is 4.92. The SMILES string of the molecule is CCc1cccc(CC)c1-n1c(SCC(=O)Nc2ccccc2Cl)nnc1-c1cccnc1. The topological polar surface area (TPSA) is 72.7 Å². The zero-order valence-corrected chi connectivity index (χ0v) is 20.0. The molecule has 0 fully saturated rings. The molecule has 0 aliphatic heterocycles. The van der Waals surface area contributed by atoms with Gasteiger partial charge in [-0.15, -0.1) is 10.2 Å². The highest BCUT2D eigenvalue weighted by atomic mass is 35.5. The number of benzene rings is 2. The highest BCUT2D eigenvalue weighted by Crippen LogP contribution is 2.32. The first kappa shape index (κ1) is 23.0. The lowest BCUT2D eigenvalue weighted by molar-refractivity contribution is -0.113. The number of nitrogens with one attached hydrogen (secondary N) is 1. The maximum absolute atomic E-state index is 12.7. The highest BCUT2D eigenvalue weighted by molar-refractivity contribution is 7.99. The molecule has 4 aromatic rings. The molecular weight excluding hydrogens is 454 g/mol. The third-order valence-electron chi connectivity index (χ3n) is 5.22. The normalized spacial score (nSPS) is 10.9. The van der Waals surface area contributed by atoms with Crippen LogP contribution in [0.1, 0.15) is 25.0 Å². The number of aryl methyl sites for hydroxylation is 2. The average Bonchev–Trinajstić information content (AvgIpc) is 3.27. The highest BCUT2D eigenvalue weighted by Gasteiger charge is 2.21. The molecule has 2 heterocycles. The second kappa shape index (κ2) is 10.6. The predicted molar refractivity (Wildman–Crippen MR) is 134 cm³/mol. The molecule has 4 rings (SSSR count). The van der Waals surface area contributed by atoms with E-state index in [2.05, 4.69) is 57.1 Å². The summed E-state index contributed by atoms with van der Waals surface area (Å²) in [6.45, 7) is 4.27. The Balaban J connectivity index is 1.71. The lowest BCUT2D eigenvalue weighted by atomic mass is 10.0. The minimum Gasteiger partial charge on any atom is -0.324 e. The first-order chi connectivity index (χ1) is 16.1. The van der Waals surface area contributed by atoms with E-state index in [9.17, 15) is 4.79 Å². The number of hydrogen-bond donors (Lipinski definition) is 1. The molecule has 0 aliphatic carbocycles. The van der Waals surface area contributed by atoms with Crippen molar-refractivity contribution in [1.29, 1.82) is 0 Å². The van der Waals surface area contributed by atoms with E-state index >= 15 is 0 Å². The predicted octanol–water partition coefficient (Wildman–Crippen LogP) is 5.84. The van der Waals surface area contributed by atoms with Gasteiger partial charge in [-0.05, 0) is 48.2 Å². The van der Waals surface area contributed by atoms with E-state index < -0.39 is 0 Å². The number of amides is 1. The van der Waals surface area contributed by atoms with Crippen LogP contribution in [0.5, 0.6) is 0 Å². The molecule has 6 nitrogen and oxygen atoms in total. The lowest BCUT2D eigenvalue weighted by Gasteiger charge is -2.18. The van der Waals surface area contributed by atoms with Gasteiger partial charge in [-0.2, -0.15) is 0 Å². The van der Waals surface area contributed by atoms with Crippen LogP contribution in [0.2, 0.25) is 5.02 Å². The summed E-state index contributed by atoms with van der Waals surface area (Å²) in [5, 5.41) is 13.0. The van der Waals surface area contributed by atoms with E-state index in [-0.39, 0.29) is 11.7 Å². The molecule has 0 unspecified atom stereocenters. The van der Waals surface area contributed by atoms with E-state index in [4.69, 9.17) is 11.6 Å². The van der Waals surface area contributed by atoms with Crippen molar-refractivity contribution >= 4 is 35.0 Å². The maximum atomic E-state index is 12.7. The molecule has 2 aromatic carbocycles. The molecule has 2 aromatic heterocycles. The molecule has 0 saturated carbocycles. The lowest BCUT2D eigenvalue weighted by Crippen LogP contribution is -2.15. The van der Waals surface area contributed by atoms with E-state index in [1.165, 1.54) is 22.9 Å². The molecule has 33 heavy (non-hydrogen) atoms. The van der Waals surface area contributed by atoms with Gasteiger partial charge in [-0.1, -0.05) is 67.5 Å². The Morgan fingerprint density at radius 2 is 1.76 bits per heavy atom. The number of pyridine rings is 1. The summed E-state index contributed by atoms with van der Waals surface area (Å²) < 4.78 is 2.06. The molecule has 0 spiro atoms. The molecule has 0 bridgehead atoms. The fraction of sp³-hybridized carbons (Fsp3) is 0.200. The summed E-state index contributed by atoms with van der Waals surface area (Å²) in [6, 6.07) is 17.4. The van der Waals surface area contributed by atoms with Gasteiger partial charge < -0.3 is 5.32 Å². The van der Waals surface area contributed by atoms with Gasteiger partial charge in [0.25, 0.3) is 0 Å². The van der Waals surface area contributed by atoms with E-state index in [1.807, 2.05) is 24.3 Å². The summed E-state index contributed by atoms with van der Waals surface area (Å²) in [7, 11) is 0. The molecule has 1 amide bonds. The van der Waals surface area contributed by atoms with Gasteiger partial charge in [0.2, 0.25) is 5.91 Å². The number of carbonyl (C=O) groups excluding carboxylic acids is 1. The van der Waals surface area contributed by atoms with Crippen LogP contribution in [0, 0.1) is 0 Å². The number of para-hydroxylation sites is 2. The van der Waals surface area contributed by atoms with Crippen LogP contribution < -0.4 is 5.32 Å². The number of thioether (sulfide) groups is 1. The Morgan fingerprint density at radius 3 is 2.42 bits per heavy atom. The van der Waals surface area contributed by atoms with E-state index in [1.54, 1.807) is 24.5 Å². The van der Waals surface area contributed by atoms with Crippen molar-refractivity contribution in [2.45, 2.75) is 31.8 Å². The third kappa shape index (κ3) is 5.10. The van der Waals surface area contributed by atoms with Crippen molar-refractivity contribution in [2.75, 3.05) is 11.1 Å². The van der Waals surface area contributed by atoms with Gasteiger partial charge in [0, 0.05) is 18.0 Å². The Labute approximate surface area is 202 Å². The zero-order chi connectivity index (χ0) is 23.2.